The Morgan fingerprint density at radius 2 is 1.68 bits per heavy atom. The Balaban J connectivity index is 1.77. The van der Waals surface area contributed by atoms with Gasteiger partial charge < -0.3 is 9.73 Å². The molecule has 0 unspecified atom stereocenters. The second kappa shape index (κ2) is 8.82. The molecule has 0 fully saturated rings. The first-order valence-electron chi connectivity index (χ1n) is 9.09. The molecule has 0 aliphatic heterocycles. The van der Waals surface area contributed by atoms with Crippen LogP contribution in [0.25, 0.3) is 11.5 Å². The highest BCUT2D eigenvalue weighted by Gasteiger charge is 2.28. The molecule has 9 heteroatoms. The highest BCUT2D eigenvalue weighted by Crippen LogP contribution is 2.33. The smallest absolute Gasteiger partial charge is 0.234 e. The molecule has 31 heavy (non-hydrogen) atoms. The number of nitrogens with one attached hydrogen (secondary N) is 1. The molecule has 4 aromatic rings. The molecule has 1 heterocycles. The van der Waals surface area contributed by atoms with Crippen molar-refractivity contribution in [2.45, 2.75) is 16.5 Å². The van der Waals surface area contributed by atoms with Crippen LogP contribution in [0.5, 0.6) is 0 Å². The van der Waals surface area contributed by atoms with Crippen LogP contribution in [0.3, 0.4) is 0 Å². The Morgan fingerprint density at radius 1 is 1.00 bits per heavy atom. The van der Waals surface area contributed by atoms with Crippen LogP contribution >= 0.6 is 27.5 Å². The Bertz CT molecular complexity index is 1320. The lowest BCUT2D eigenvalue weighted by Gasteiger charge is -2.07. The van der Waals surface area contributed by atoms with E-state index in [-0.39, 0.29) is 28.2 Å². The lowest BCUT2D eigenvalue weighted by atomic mass is 10.2. The number of aromatic nitrogens is 1. The molecule has 4 rings (SSSR count). The average Bonchev–Trinajstić information content (AvgIpc) is 3.19. The van der Waals surface area contributed by atoms with E-state index < -0.39 is 15.7 Å². The quantitative estimate of drug-likeness (QED) is 0.320. The van der Waals surface area contributed by atoms with Crippen LogP contribution in [0, 0.1) is 5.82 Å². The van der Waals surface area contributed by atoms with E-state index in [0.717, 1.165) is 10.0 Å². The number of halogens is 3. The number of rotatable bonds is 6. The van der Waals surface area contributed by atoms with Gasteiger partial charge in [-0.2, -0.15) is 4.98 Å². The molecule has 0 atom stereocenters. The van der Waals surface area contributed by atoms with Crippen LogP contribution in [0.15, 0.2) is 91.6 Å². The van der Waals surface area contributed by atoms with Gasteiger partial charge in [-0.1, -0.05) is 45.7 Å². The second-order valence-corrected chi connectivity index (χ2v) is 9.75. The molecule has 0 aliphatic carbocycles. The molecule has 0 spiro atoms. The standard InChI is InChI=1S/C22H15BrClFN2O3S/c23-16-7-11-18(12-8-16)31(28,29)22-21(26-13-15-3-1-2-4-19(15)24)30-20(27-22)14-5-9-17(25)10-6-14/h1-12,26H,13H2. The molecule has 1 aromatic heterocycles. The van der Waals surface area contributed by atoms with Gasteiger partial charge in [0.05, 0.1) is 4.90 Å². The summed E-state index contributed by atoms with van der Waals surface area (Å²) in [5, 5.41) is 3.25. The van der Waals surface area contributed by atoms with Crippen molar-refractivity contribution in [1.82, 2.24) is 4.98 Å². The van der Waals surface area contributed by atoms with Gasteiger partial charge in [0, 0.05) is 21.6 Å². The molecule has 0 amide bonds. The minimum Gasteiger partial charge on any atom is -0.419 e. The van der Waals surface area contributed by atoms with Crippen molar-refractivity contribution in [3.63, 3.8) is 0 Å². The Hall–Kier alpha value is -2.68. The summed E-state index contributed by atoms with van der Waals surface area (Å²) in [5.41, 5.74) is 1.20. The summed E-state index contributed by atoms with van der Waals surface area (Å²) < 4.78 is 46.4. The summed E-state index contributed by atoms with van der Waals surface area (Å²) in [5.74, 6) is -0.394. The second-order valence-electron chi connectivity index (χ2n) is 6.56. The highest BCUT2D eigenvalue weighted by molar-refractivity contribution is 9.10. The molecular weight excluding hydrogens is 507 g/mol. The molecule has 5 nitrogen and oxygen atoms in total. The van der Waals surface area contributed by atoms with Gasteiger partial charge in [0.15, 0.2) is 0 Å². The average molecular weight is 522 g/mol. The van der Waals surface area contributed by atoms with Gasteiger partial charge in [-0.05, 0) is 60.2 Å². The summed E-state index contributed by atoms with van der Waals surface area (Å²) in [7, 11) is -3.99. The zero-order valence-corrected chi connectivity index (χ0v) is 19.0. The van der Waals surface area contributed by atoms with Crippen LogP contribution in [0.1, 0.15) is 5.56 Å². The highest BCUT2D eigenvalue weighted by atomic mass is 79.9. The number of benzene rings is 3. The molecule has 3 aromatic carbocycles. The van der Waals surface area contributed by atoms with Crippen molar-refractivity contribution in [3.8, 4) is 11.5 Å². The summed E-state index contributed by atoms with van der Waals surface area (Å²) in [6.45, 7) is 0.223. The molecular formula is C22H15BrClFN2O3S. The number of hydrogen-bond acceptors (Lipinski definition) is 5. The summed E-state index contributed by atoms with van der Waals surface area (Å²) in [6.07, 6.45) is 0. The van der Waals surface area contributed by atoms with Gasteiger partial charge in [0.1, 0.15) is 5.82 Å². The van der Waals surface area contributed by atoms with E-state index in [1.54, 1.807) is 24.3 Å². The van der Waals surface area contributed by atoms with Crippen molar-refractivity contribution in [1.29, 1.82) is 0 Å². The van der Waals surface area contributed by atoms with E-state index in [9.17, 15) is 12.8 Å². The fourth-order valence-corrected chi connectivity index (χ4v) is 4.60. The van der Waals surface area contributed by atoms with Crippen molar-refractivity contribution >= 4 is 43.3 Å². The van der Waals surface area contributed by atoms with Gasteiger partial charge in [-0.25, -0.2) is 12.8 Å². The zero-order valence-electron chi connectivity index (χ0n) is 15.8. The van der Waals surface area contributed by atoms with E-state index in [2.05, 4.69) is 26.2 Å². The summed E-state index contributed by atoms with van der Waals surface area (Å²) in [6, 6.07) is 18.8. The zero-order chi connectivity index (χ0) is 22.0. The largest absolute Gasteiger partial charge is 0.419 e. The minimum absolute atomic E-state index is 0.0258. The van der Waals surface area contributed by atoms with Crippen LogP contribution < -0.4 is 5.32 Å². The van der Waals surface area contributed by atoms with Crippen molar-refractivity contribution in [3.05, 3.63) is 93.7 Å². The number of nitrogens with zero attached hydrogens (tertiary/aromatic N) is 1. The maximum Gasteiger partial charge on any atom is 0.234 e. The van der Waals surface area contributed by atoms with E-state index >= 15 is 0 Å². The molecule has 0 radical (unpaired) electrons. The molecule has 158 valence electrons. The number of hydrogen-bond donors (Lipinski definition) is 1. The topological polar surface area (TPSA) is 72.2 Å². The van der Waals surface area contributed by atoms with Gasteiger partial charge in [-0.3, -0.25) is 0 Å². The molecule has 1 N–H and O–H groups in total. The lowest BCUT2D eigenvalue weighted by Crippen LogP contribution is -2.07. The third-order valence-corrected chi connectivity index (χ3v) is 7.04. The van der Waals surface area contributed by atoms with E-state index in [0.29, 0.717) is 10.6 Å². The lowest BCUT2D eigenvalue weighted by molar-refractivity contribution is 0.576. The molecule has 0 saturated heterocycles. The first kappa shape index (κ1) is 21.5. The predicted molar refractivity (Wildman–Crippen MR) is 120 cm³/mol. The number of sulfone groups is 1. The number of oxazole rings is 1. The maximum atomic E-state index is 13.3. The van der Waals surface area contributed by atoms with Crippen LogP contribution in [0.4, 0.5) is 10.3 Å². The molecule has 0 saturated carbocycles. The molecule has 0 aliphatic rings. The van der Waals surface area contributed by atoms with Crippen molar-refractivity contribution < 1.29 is 17.2 Å². The summed E-state index contributed by atoms with van der Waals surface area (Å²) in [4.78, 5) is 4.30. The van der Waals surface area contributed by atoms with Gasteiger partial charge in [0.2, 0.25) is 26.6 Å². The van der Waals surface area contributed by atoms with Crippen LogP contribution in [-0.2, 0) is 16.4 Å². The predicted octanol–water partition coefficient (Wildman–Crippen LogP) is 6.34. The Morgan fingerprint density at radius 3 is 2.35 bits per heavy atom. The normalized spacial score (nSPS) is 11.5. The third-order valence-electron chi connectivity index (χ3n) is 4.46. The van der Waals surface area contributed by atoms with Crippen LogP contribution in [0.2, 0.25) is 5.02 Å². The van der Waals surface area contributed by atoms with Gasteiger partial charge >= 0.3 is 0 Å². The third kappa shape index (κ3) is 4.66. The maximum absolute atomic E-state index is 13.3. The van der Waals surface area contributed by atoms with Crippen LogP contribution in [-0.4, -0.2) is 13.4 Å². The first-order chi connectivity index (χ1) is 14.8. The Kier molecular flexibility index (Phi) is 6.13. The fraction of sp³-hybridized carbons (Fsp3) is 0.0455. The van der Waals surface area contributed by atoms with Gasteiger partial charge in [-0.15, -0.1) is 0 Å². The Labute approximate surface area is 191 Å². The van der Waals surface area contributed by atoms with Crippen molar-refractivity contribution in [2.24, 2.45) is 0 Å². The monoisotopic (exact) mass is 520 g/mol. The van der Waals surface area contributed by atoms with E-state index in [1.807, 2.05) is 12.1 Å². The molecule has 0 bridgehead atoms. The van der Waals surface area contributed by atoms with Crippen molar-refractivity contribution in [2.75, 3.05) is 5.32 Å². The SMILES string of the molecule is O=S(=O)(c1ccc(Br)cc1)c1nc(-c2ccc(F)cc2)oc1NCc1ccccc1Cl. The van der Waals surface area contributed by atoms with E-state index in [4.69, 9.17) is 16.0 Å². The number of anilines is 1. The minimum atomic E-state index is -3.99. The van der Waals surface area contributed by atoms with Gasteiger partial charge in [0.25, 0.3) is 0 Å². The fourth-order valence-electron chi connectivity index (χ4n) is 2.86. The summed E-state index contributed by atoms with van der Waals surface area (Å²) >= 11 is 9.50. The van der Waals surface area contributed by atoms with E-state index in [1.165, 1.54) is 36.4 Å². The first-order valence-corrected chi connectivity index (χ1v) is 11.7.